The summed E-state index contributed by atoms with van der Waals surface area (Å²) < 4.78 is 0. The summed E-state index contributed by atoms with van der Waals surface area (Å²) in [5, 5.41) is 10.4. The summed E-state index contributed by atoms with van der Waals surface area (Å²) in [6.45, 7) is 0. The molecule has 0 aliphatic carbocycles. The fraction of sp³-hybridized carbons (Fsp3) is 0. The Kier molecular flexibility index (Phi) is 3.28. The number of carboxylic acids is 1. The van der Waals surface area contributed by atoms with E-state index in [9.17, 15) is 4.79 Å². The van der Waals surface area contributed by atoms with Gasteiger partial charge in [0.25, 0.3) is 0 Å². The highest BCUT2D eigenvalue weighted by Gasteiger charge is 1.90. The molecule has 0 amide bonds. The van der Waals surface area contributed by atoms with E-state index >= 15 is 0 Å². The normalized spacial score (nSPS) is 10.3. The van der Waals surface area contributed by atoms with E-state index in [1.54, 1.807) is 12.3 Å². The van der Waals surface area contributed by atoms with Gasteiger partial charge in [0, 0.05) is 12.3 Å². The molecule has 0 fully saturated rings. The molecule has 0 atom stereocenters. The third-order valence-corrected chi connectivity index (χ3v) is 1.71. The van der Waals surface area contributed by atoms with Crippen LogP contribution >= 0.6 is 11.8 Å². The monoisotopic (exact) mass is 182 g/mol. The molecule has 0 spiro atoms. The SMILES string of the molecule is O=C(O)C=CSc1ccncn1. The topological polar surface area (TPSA) is 63.1 Å². The maximum Gasteiger partial charge on any atom is 0.328 e. The van der Waals surface area contributed by atoms with Crippen LogP contribution in [0.2, 0.25) is 0 Å². The Morgan fingerprint density at radius 3 is 3.08 bits per heavy atom. The first-order chi connectivity index (χ1) is 5.79. The second-order valence-corrected chi connectivity index (χ2v) is 2.73. The van der Waals surface area contributed by atoms with Gasteiger partial charge in [0.05, 0.1) is 0 Å². The smallest absolute Gasteiger partial charge is 0.328 e. The first-order valence-corrected chi connectivity index (χ1v) is 3.99. The number of aromatic nitrogens is 2. The summed E-state index contributed by atoms with van der Waals surface area (Å²) in [4.78, 5) is 17.7. The Hall–Kier alpha value is -1.36. The van der Waals surface area contributed by atoms with Gasteiger partial charge in [-0.2, -0.15) is 0 Å². The second kappa shape index (κ2) is 4.50. The number of thioether (sulfide) groups is 1. The molecule has 0 bridgehead atoms. The summed E-state index contributed by atoms with van der Waals surface area (Å²) in [5.74, 6) is -0.962. The Balaban J connectivity index is 2.49. The molecule has 4 nitrogen and oxygen atoms in total. The average molecular weight is 182 g/mol. The van der Waals surface area contributed by atoms with Crippen LogP contribution in [0.15, 0.2) is 35.1 Å². The van der Waals surface area contributed by atoms with E-state index in [2.05, 4.69) is 9.97 Å². The molecule has 0 radical (unpaired) electrons. The molecule has 1 heterocycles. The van der Waals surface area contributed by atoms with Crippen molar-refractivity contribution in [1.82, 2.24) is 9.97 Å². The van der Waals surface area contributed by atoms with Crippen LogP contribution in [0.4, 0.5) is 0 Å². The second-order valence-electron chi connectivity index (χ2n) is 1.81. The highest BCUT2D eigenvalue weighted by atomic mass is 32.2. The summed E-state index contributed by atoms with van der Waals surface area (Å²) in [6, 6.07) is 1.71. The molecule has 0 aliphatic heterocycles. The maximum absolute atomic E-state index is 10.1. The van der Waals surface area contributed by atoms with Gasteiger partial charge in [-0.15, -0.1) is 0 Å². The molecule has 1 N–H and O–H groups in total. The lowest BCUT2D eigenvalue weighted by Gasteiger charge is -1.90. The van der Waals surface area contributed by atoms with Crippen LogP contribution < -0.4 is 0 Å². The molecule has 0 saturated heterocycles. The van der Waals surface area contributed by atoms with Crippen molar-refractivity contribution >= 4 is 17.7 Å². The van der Waals surface area contributed by atoms with E-state index in [1.807, 2.05) is 0 Å². The molecule has 0 saturated carbocycles. The minimum absolute atomic E-state index is 0.725. The van der Waals surface area contributed by atoms with Gasteiger partial charge in [0.15, 0.2) is 0 Å². The van der Waals surface area contributed by atoms with Crippen LogP contribution in [0.25, 0.3) is 0 Å². The Bertz CT molecular complexity index is 287. The van der Waals surface area contributed by atoms with Crippen molar-refractivity contribution in [2.24, 2.45) is 0 Å². The van der Waals surface area contributed by atoms with E-state index in [0.29, 0.717) is 0 Å². The van der Waals surface area contributed by atoms with E-state index in [0.717, 1.165) is 11.1 Å². The van der Waals surface area contributed by atoms with Crippen molar-refractivity contribution in [3.05, 3.63) is 30.1 Å². The quantitative estimate of drug-likeness (QED) is 0.432. The molecule has 12 heavy (non-hydrogen) atoms. The van der Waals surface area contributed by atoms with Gasteiger partial charge in [0.2, 0.25) is 0 Å². The number of nitrogens with zero attached hydrogens (tertiary/aromatic N) is 2. The lowest BCUT2D eigenvalue weighted by Crippen LogP contribution is -1.84. The molecule has 0 unspecified atom stereocenters. The van der Waals surface area contributed by atoms with Crippen molar-refractivity contribution in [2.75, 3.05) is 0 Å². The van der Waals surface area contributed by atoms with Crippen LogP contribution in [0.3, 0.4) is 0 Å². The first kappa shape index (κ1) is 8.73. The van der Waals surface area contributed by atoms with Crippen LogP contribution in [-0.2, 0) is 4.79 Å². The van der Waals surface area contributed by atoms with Crippen molar-refractivity contribution in [3.63, 3.8) is 0 Å². The molecular weight excluding hydrogens is 176 g/mol. The summed E-state index contributed by atoms with van der Waals surface area (Å²) in [6.07, 6.45) is 4.08. The number of carbonyl (C=O) groups is 1. The fourth-order valence-electron chi connectivity index (χ4n) is 0.510. The zero-order chi connectivity index (χ0) is 8.81. The average Bonchev–Trinajstić information content (AvgIpc) is 2.05. The lowest BCUT2D eigenvalue weighted by atomic mass is 10.7. The largest absolute Gasteiger partial charge is 0.478 e. The van der Waals surface area contributed by atoms with Crippen LogP contribution in [0, 0.1) is 0 Å². The van der Waals surface area contributed by atoms with E-state index in [1.165, 1.54) is 23.5 Å². The molecular formula is C7H6N2O2S. The highest BCUT2D eigenvalue weighted by Crippen LogP contribution is 2.13. The molecule has 0 aromatic carbocycles. The number of aliphatic carboxylic acids is 1. The lowest BCUT2D eigenvalue weighted by molar-refractivity contribution is -0.131. The van der Waals surface area contributed by atoms with Gasteiger partial charge in [-0.25, -0.2) is 14.8 Å². The standard InChI is InChI=1S/C7H6N2O2S/c10-7(11)2-4-12-6-1-3-8-5-9-6/h1-5H,(H,10,11). The van der Waals surface area contributed by atoms with Gasteiger partial charge >= 0.3 is 5.97 Å². The number of carboxylic acid groups (broad SMARTS) is 1. The van der Waals surface area contributed by atoms with Crippen LogP contribution in [-0.4, -0.2) is 21.0 Å². The van der Waals surface area contributed by atoms with Gasteiger partial charge < -0.3 is 5.11 Å². The van der Waals surface area contributed by atoms with Crippen molar-refractivity contribution in [3.8, 4) is 0 Å². The zero-order valence-corrected chi connectivity index (χ0v) is 6.86. The minimum atomic E-state index is -0.962. The molecule has 1 aromatic rings. The Morgan fingerprint density at radius 1 is 1.67 bits per heavy atom. The summed E-state index contributed by atoms with van der Waals surface area (Å²) >= 11 is 1.24. The Morgan fingerprint density at radius 2 is 2.50 bits per heavy atom. The van der Waals surface area contributed by atoms with Gasteiger partial charge in [-0.05, 0) is 11.5 Å². The zero-order valence-electron chi connectivity index (χ0n) is 6.04. The van der Waals surface area contributed by atoms with Gasteiger partial charge in [-0.1, -0.05) is 11.8 Å². The number of hydrogen-bond donors (Lipinski definition) is 1. The van der Waals surface area contributed by atoms with Crippen LogP contribution in [0.5, 0.6) is 0 Å². The van der Waals surface area contributed by atoms with Crippen molar-refractivity contribution < 1.29 is 9.90 Å². The summed E-state index contributed by atoms with van der Waals surface area (Å²) in [5.41, 5.74) is 0. The molecule has 5 heteroatoms. The van der Waals surface area contributed by atoms with Crippen molar-refractivity contribution in [2.45, 2.75) is 5.03 Å². The van der Waals surface area contributed by atoms with Crippen LogP contribution in [0.1, 0.15) is 0 Å². The molecule has 0 aliphatic rings. The first-order valence-electron chi connectivity index (χ1n) is 3.11. The van der Waals surface area contributed by atoms with Gasteiger partial charge in [-0.3, -0.25) is 0 Å². The molecule has 1 aromatic heterocycles. The highest BCUT2D eigenvalue weighted by molar-refractivity contribution is 8.02. The maximum atomic E-state index is 10.1. The van der Waals surface area contributed by atoms with Crippen molar-refractivity contribution in [1.29, 1.82) is 0 Å². The predicted molar refractivity (Wildman–Crippen MR) is 44.7 cm³/mol. The Labute approximate surface area is 73.4 Å². The minimum Gasteiger partial charge on any atom is -0.478 e. The molecule has 62 valence electrons. The van der Waals surface area contributed by atoms with E-state index in [4.69, 9.17) is 5.11 Å². The third kappa shape index (κ3) is 3.16. The van der Waals surface area contributed by atoms with E-state index < -0.39 is 5.97 Å². The predicted octanol–water partition coefficient (Wildman–Crippen LogP) is 1.17. The van der Waals surface area contributed by atoms with E-state index in [-0.39, 0.29) is 0 Å². The number of hydrogen-bond acceptors (Lipinski definition) is 4. The molecule has 1 rings (SSSR count). The fourth-order valence-corrected chi connectivity index (χ4v) is 1.08. The van der Waals surface area contributed by atoms with Gasteiger partial charge in [0.1, 0.15) is 11.4 Å². The summed E-state index contributed by atoms with van der Waals surface area (Å²) in [7, 11) is 0. The third-order valence-electron chi connectivity index (χ3n) is 0.954. The number of rotatable bonds is 3.